The van der Waals surface area contributed by atoms with Gasteiger partial charge in [-0.25, -0.2) is 0 Å². The van der Waals surface area contributed by atoms with E-state index < -0.39 is 0 Å². The van der Waals surface area contributed by atoms with E-state index in [9.17, 15) is 9.59 Å². The van der Waals surface area contributed by atoms with Crippen LogP contribution in [0.5, 0.6) is 0 Å². The summed E-state index contributed by atoms with van der Waals surface area (Å²) in [6, 6.07) is 4.18. The van der Waals surface area contributed by atoms with Crippen molar-refractivity contribution in [1.29, 1.82) is 0 Å². The van der Waals surface area contributed by atoms with Crippen molar-refractivity contribution < 1.29 is 4.79 Å². The molecule has 1 heterocycles. The molecule has 3 heteroatoms. The van der Waals surface area contributed by atoms with Gasteiger partial charge in [-0.2, -0.15) is 0 Å². The number of aromatic amines is 1. The number of hydrogen-bond donors (Lipinski definition) is 1. The highest BCUT2D eigenvalue weighted by atomic mass is 16.1. The summed E-state index contributed by atoms with van der Waals surface area (Å²) in [5.74, 6) is -0.168. The topological polar surface area (TPSA) is 49.9 Å². The van der Waals surface area contributed by atoms with Crippen molar-refractivity contribution >= 4 is 16.7 Å². The molecule has 1 aromatic heterocycles. The maximum Gasteiger partial charge on any atom is 0.259 e. The number of H-pyrrole nitrogens is 1. The smallest absolute Gasteiger partial charge is 0.259 e. The summed E-state index contributed by atoms with van der Waals surface area (Å²) >= 11 is 0. The summed E-state index contributed by atoms with van der Waals surface area (Å²) in [5.41, 5.74) is 4.38. The molecule has 1 N–H and O–H groups in total. The summed E-state index contributed by atoms with van der Waals surface area (Å²) < 4.78 is 0. The molecule has 0 unspecified atom stereocenters. The Morgan fingerprint density at radius 3 is 2.68 bits per heavy atom. The molecule has 2 aromatic rings. The van der Waals surface area contributed by atoms with Crippen molar-refractivity contribution in [1.82, 2.24) is 4.98 Å². The molecule has 0 saturated heterocycles. The number of aromatic nitrogens is 1. The molecule has 1 aliphatic carbocycles. The number of fused-ring (bicyclic) bond motifs is 3. The average Bonchev–Trinajstić information content (AvgIpc) is 2.38. The molecule has 0 atom stereocenters. The van der Waals surface area contributed by atoms with Crippen LogP contribution in [0.3, 0.4) is 0 Å². The Balaban J connectivity index is 2.41. The Labute approximate surface area is 111 Å². The van der Waals surface area contributed by atoms with Crippen molar-refractivity contribution in [3.63, 3.8) is 0 Å². The fourth-order valence-corrected chi connectivity index (χ4v) is 3.19. The SMILES string of the molecule is CC(=O)c1c(C)c2ccc3c(c2[nH]c1=O)CCCC3. The van der Waals surface area contributed by atoms with Gasteiger partial charge in [0, 0.05) is 5.39 Å². The van der Waals surface area contributed by atoms with Gasteiger partial charge < -0.3 is 4.98 Å². The van der Waals surface area contributed by atoms with Crippen LogP contribution in [0.1, 0.15) is 46.8 Å². The Hall–Kier alpha value is -1.90. The van der Waals surface area contributed by atoms with Gasteiger partial charge in [-0.1, -0.05) is 12.1 Å². The molecule has 1 aliphatic rings. The lowest BCUT2D eigenvalue weighted by Crippen LogP contribution is -2.19. The molecule has 0 fully saturated rings. The van der Waals surface area contributed by atoms with Gasteiger partial charge in [0.05, 0.1) is 11.1 Å². The number of nitrogens with one attached hydrogen (secondary N) is 1. The number of pyridine rings is 1. The van der Waals surface area contributed by atoms with Gasteiger partial charge in [0.2, 0.25) is 0 Å². The molecular formula is C16H17NO2. The van der Waals surface area contributed by atoms with Gasteiger partial charge in [-0.3, -0.25) is 9.59 Å². The highest BCUT2D eigenvalue weighted by Crippen LogP contribution is 2.29. The molecule has 0 amide bonds. The molecule has 19 heavy (non-hydrogen) atoms. The fraction of sp³-hybridized carbons (Fsp3) is 0.375. The van der Waals surface area contributed by atoms with E-state index in [0.29, 0.717) is 5.56 Å². The van der Waals surface area contributed by atoms with Crippen LogP contribution in [0.4, 0.5) is 0 Å². The van der Waals surface area contributed by atoms with Crippen molar-refractivity contribution in [2.45, 2.75) is 39.5 Å². The molecule has 0 spiro atoms. The zero-order valence-electron chi connectivity index (χ0n) is 11.3. The monoisotopic (exact) mass is 255 g/mol. The molecule has 3 rings (SSSR count). The summed E-state index contributed by atoms with van der Waals surface area (Å²) in [5, 5.41) is 1.01. The van der Waals surface area contributed by atoms with Gasteiger partial charge >= 0.3 is 0 Å². The van der Waals surface area contributed by atoms with E-state index in [1.165, 1.54) is 30.9 Å². The molecular weight excluding hydrogens is 238 g/mol. The predicted octanol–water partition coefficient (Wildman–Crippen LogP) is 2.92. The molecule has 0 radical (unpaired) electrons. The van der Waals surface area contributed by atoms with Crippen LogP contribution in [0.25, 0.3) is 10.9 Å². The van der Waals surface area contributed by atoms with E-state index in [0.717, 1.165) is 29.3 Å². The first-order valence-electron chi connectivity index (χ1n) is 6.78. The minimum absolute atomic E-state index is 0.168. The fourth-order valence-electron chi connectivity index (χ4n) is 3.19. The van der Waals surface area contributed by atoms with Gasteiger partial charge in [-0.15, -0.1) is 0 Å². The lowest BCUT2D eigenvalue weighted by atomic mass is 9.88. The third-order valence-corrected chi connectivity index (χ3v) is 4.13. The zero-order valence-corrected chi connectivity index (χ0v) is 11.3. The lowest BCUT2D eigenvalue weighted by molar-refractivity contribution is 0.101. The molecule has 98 valence electrons. The maximum absolute atomic E-state index is 12.1. The number of carbonyl (C=O) groups is 1. The minimum Gasteiger partial charge on any atom is -0.321 e. The number of Topliss-reactive ketones (excluding diaryl/α,β-unsaturated/α-hetero) is 1. The highest BCUT2D eigenvalue weighted by Gasteiger charge is 2.18. The van der Waals surface area contributed by atoms with E-state index >= 15 is 0 Å². The summed E-state index contributed by atoms with van der Waals surface area (Å²) in [6.45, 7) is 3.31. The minimum atomic E-state index is -0.253. The van der Waals surface area contributed by atoms with Crippen LogP contribution < -0.4 is 5.56 Å². The summed E-state index contributed by atoms with van der Waals surface area (Å²) in [7, 11) is 0. The molecule has 1 aromatic carbocycles. The quantitative estimate of drug-likeness (QED) is 0.796. The van der Waals surface area contributed by atoms with E-state index in [1.54, 1.807) is 0 Å². The molecule has 0 saturated carbocycles. The maximum atomic E-state index is 12.1. The lowest BCUT2D eigenvalue weighted by Gasteiger charge is -2.18. The number of ketones is 1. The van der Waals surface area contributed by atoms with Gasteiger partial charge in [0.25, 0.3) is 5.56 Å². The van der Waals surface area contributed by atoms with Crippen LogP contribution in [-0.2, 0) is 12.8 Å². The summed E-state index contributed by atoms with van der Waals surface area (Å²) in [6.07, 6.45) is 4.48. The van der Waals surface area contributed by atoms with Crippen LogP contribution >= 0.6 is 0 Å². The molecule has 0 bridgehead atoms. The van der Waals surface area contributed by atoms with E-state index in [4.69, 9.17) is 0 Å². The molecule has 0 aliphatic heterocycles. The van der Waals surface area contributed by atoms with Crippen molar-refractivity contribution in [3.05, 3.63) is 44.7 Å². The second kappa shape index (κ2) is 4.34. The first-order valence-corrected chi connectivity index (χ1v) is 6.78. The number of hydrogen-bond acceptors (Lipinski definition) is 2. The van der Waals surface area contributed by atoms with E-state index in [-0.39, 0.29) is 11.3 Å². The van der Waals surface area contributed by atoms with Gasteiger partial charge in [-0.05, 0) is 56.2 Å². The van der Waals surface area contributed by atoms with Crippen LogP contribution in [0.15, 0.2) is 16.9 Å². The number of benzene rings is 1. The largest absolute Gasteiger partial charge is 0.321 e. The summed E-state index contributed by atoms with van der Waals surface area (Å²) in [4.78, 5) is 26.6. The van der Waals surface area contributed by atoms with Crippen LogP contribution in [0, 0.1) is 6.92 Å². The average molecular weight is 255 g/mol. The van der Waals surface area contributed by atoms with E-state index in [1.807, 2.05) is 13.0 Å². The standard InChI is InChI=1S/C16H17NO2/c1-9-12-8-7-11-5-3-4-6-13(11)15(12)17-16(19)14(9)10(2)18/h7-8H,3-6H2,1-2H3,(H,17,19). The van der Waals surface area contributed by atoms with Crippen molar-refractivity contribution in [2.75, 3.05) is 0 Å². The third-order valence-electron chi connectivity index (χ3n) is 4.13. The Kier molecular flexibility index (Phi) is 2.77. The second-order valence-corrected chi connectivity index (χ2v) is 5.34. The predicted molar refractivity (Wildman–Crippen MR) is 76.0 cm³/mol. The van der Waals surface area contributed by atoms with Gasteiger partial charge in [0.1, 0.15) is 0 Å². The second-order valence-electron chi connectivity index (χ2n) is 5.34. The molecule has 3 nitrogen and oxygen atoms in total. The highest BCUT2D eigenvalue weighted by molar-refractivity contribution is 6.00. The normalized spacial score (nSPS) is 14.4. The van der Waals surface area contributed by atoms with E-state index in [2.05, 4.69) is 11.1 Å². The third kappa shape index (κ3) is 1.81. The number of carbonyl (C=O) groups excluding carboxylic acids is 1. The van der Waals surface area contributed by atoms with Gasteiger partial charge in [0.15, 0.2) is 5.78 Å². The Morgan fingerprint density at radius 2 is 1.95 bits per heavy atom. The number of aryl methyl sites for hydroxylation is 3. The zero-order chi connectivity index (χ0) is 13.6. The van der Waals surface area contributed by atoms with Crippen molar-refractivity contribution in [2.24, 2.45) is 0 Å². The number of rotatable bonds is 1. The van der Waals surface area contributed by atoms with Crippen LogP contribution in [-0.4, -0.2) is 10.8 Å². The first kappa shape index (κ1) is 12.2. The Morgan fingerprint density at radius 1 is 1.21 bits per heavy atom. The van der Waals surface area contributed by atoms with Crippen LogP contribution in [0.2, 0.25) is 0 Å². The first-order chi connectivity index (χ1) is 9.09. The van der Waals surface area contributed by atoms with Crippen molar-refractivity contribution in [3.8, 4) is 0 Å². The Bertz CT molecular complexity index is 740.